The lowest BCUT2D eigenvalue weighted by molar-refractivity contribution is 0.0948. The van der Waals surface area contributed by atoms with Gasteiger partial charge in [-0.25, -0.2) is 9.97 Å². The van der Waals surface area contributed by atoms with Crippen molar-refractivity contribution in [3.05, 3.63) is 53.3 Å². The fourth-order valence-electron chi connectivity index (χ4n) is 2.37. The first-order valence-electron chi connectivity index (χ1n) is 8.60. The number of hydrogen-bond donors (Lipinski definition) is 2. The number of aryl methyl sites for hydroxylation is 2. The van der Waals surface area contributed by atoms with E-state index in [1.54, 1.807) is 6.07 Å². The van der Waals surface area contributed by atoms with Crippen molar-refractivity contribution < 1.29 is 4.79 Å². The van der Waals surface area contributed by atoms with E-state index in [9.17, 15) is 4.79 Å². The summed E-state index contributed by atoms with van der Waals surface area (Å²) in [7, 11) is 0. The van der Waals surface area contributed by atoms with Crippen molar-refractivity contribution in [1.82, 2.24) is 15.3 Å². The number of unbranched alkanes of at least 4 members (excludes halogenated alkanes) is 1. The lowest BCUT2D eigenvalue weighted by Crippen LogP contribution is -2.26. The van der Waals surface area contributed by atoms with Gasteiger partial charge < -0.3 is 10.6 Å². The Hall–Kier alpha value is -2.43. The van der Waals surface area contributed by atoms with Crippen molar-refractivity contribution in [2.75, 3.05) is 18.4 Å². The summed E-state index contributed by atoms with van der Waals surface area (Å²) in [4.78, 5) is 20.8. The molecule has 0 unspecified atom stereocenters. The first-order valence-corrected chi connectivity index (χ1v) is 8.60. The summed E-state index contributed by atoms with van der Waals surface area (Å²) in [5.74, 6) is 0.380. The first-order chi connectivity index (χ1) is 11.7. The average molecular weight is 326 g/mol. The Morgan fingerprint density at radius 3 is 2.62 bits per heavy atom. The van der Waals surface area contributed by atoms with Gasteiger partial charge in [-0.05, 0) is 37.8 Å². The molecule has 0 fully saturated rings. The maximum atomic E-state index is 12.1. The van der Waals surface area contributed by atoms with Gasteiger partial charge >= 0.3 is 0 Å². The largest absolute Gasteiger partial charge is 0.354 e. The van der Waals surface area contributed by atoms with Gasteiger partial charge in [0.1, 0.15) is 5.69 Å². The third kappa shape index (κ3) is 5.99. The van der Waals surface area contributed by atoms with Crippen LogP contribution in [0, 0.1) is 6.92 Å². The van der Waals surface area contributed by atoms with Crippen molar-refractivity contribution >= 4 is 11.9 Å². The maximum absolute atomic E-state index is 12.1. The minimum atomic E-state index is -0.138. The van der Waals surface area contributed by atoms with E-state index < -0.39 is 0 Å². The molecule has 0 aliphatic rings. The van der Waals surface area contributed by atoms with E-state index in [4.69, 9.17) is 0 Å². The predicted molar refractivity (Wildman–Crippen MR) is 97.3 cm³/mol. The van der Waals surface area contributed by atoms with E-state index in [-0.39, 0.29) is 5.91 Å². The molecule has 0 bridgehead atoms. The van der Waals surface area contributed by atoms with Crippen LogP contribution in [-0.4, -0.2) is 29.0 Å². The van der Waals surface area contributed by atoms with E-state index >= 15 is 0 Å². The monoisotopic (exact) mass is 326 g/mol. The Bertz CT molecular complexity index is 643. The number of hydrogen-bond acceptors (Lipinski definition) is 4. The highest BCUT2D eigenvalue weighted by Gasteiger charge is 2.09. The second kappa shape index (κ2) is 9.65. The smallest absolute Gasteiger partial charge is 0.270 e. The van der Waals surface area contributed by atoms with Crippen molar-refractivity contribution in [3.8, 4) is 0 Å². The summed E-state index contributed by atoms with van der Waals surface area (Å²) < 4.78 is 0. The fraction of sp³-hybridized carbons (Fsp3) is 0.421. The van der Waals surface area contributed by atoms with Gasteiger partial charge in [-0.2, -0.15) is 0 Å². The van der Waals surface area contributed by atoms with E-state index in [1.165, 1.54) is 5.56 Å². The molecular formula is C19H26N4O. The van der Waals surface area contributed by atoms with Gasteiger partial charge in [0, 0.05) is 18.8 Å². The van der Waals surface area contributed by atoms with Crippen LogP contribution in [0.1, 0.15) is 47.9 Å². The second-order valence-corrected chi connectivity index (χ2v) is 5.84. The highest BCUT2D eigenvalue weighted by Crippen LogP contribution is 2.07. The maximum Gasteiger partial charge on any atom is 0.270 e. The summed E-state index contributed by atoms with van der Waals surface area (Å²) in [6, 6.07) is 12.1. The number of aromatic nitrogens is 2. The predicted octanol–water partition coefficient (Wildman–Crippen LogP) is 3.36. The first kappa shape index (κ1) is 17.9. The van der Waals surface area contributed by atoms with Gasteiger partial charge in [-0.3, -0.25) is 4.79 Å². The van der Waals surface area contributed by atoms with Crippen LogP contribution in [0.2, 0.25) is 0 Å². The van der Waals surface area contributed by atoms with Gasteiger partial charge in [0.25, 0.3) is 5.91 Å². The molecular weight excluding hydrogens is 300 g/mol. The summed E-state index contributed by atoms with van der Waals surface area (Å²) in [5.41, 5.74) is 2.53. The lowest BCUT2D eigenvalue weighted by Gasteiger charge is -2.09. The number of carbonyl (C=O) groups is 1. The van der Waals surface area contributed by atoms with Gasteiger partial charge in [-0.1, -0.05) is 43.7 Å². The van der Waals surface area contributed by atoms with Crippen LogP contribution in [0.25, 0.3) is 0 Å². The van der Waals surface area contributed by atoms with Crippen LogP contribution in [0.15, 0.2) is 36.4 Å². The quantitative estimate of drug-likeness (QED) is 0.693. The Morgan fingerprint density at radius 2 is 1.88 bits per heavy atom. The number of amides is 1. The molecule has 2 aromatic rings. The van der Waals surface area contributed by atoms with E-state index in [2.05, 4.69) is 51.8 Å². The summed E-state index contributed by atoms with van der Waals surface area (Å²) in [6.45, 7) is 5.42. The number of nitrogens with zero attached hydrogens (tertiary/aromatic N) is 2. The minimum Gasteiger partial charge on any atom is -0.354 e. The molecule has 0 aliphatic heterocycles. The summed E-state index contributed by atoms with van der Waals surface area (Å²) in [5, 5.41) is 6.10. The molecule has 24 heavy (non-hydrogen) atoms. The van der Waals surface area contributed by atoms with Crippen LogP contribution in [0.4, 0.5) is 5.95 Å². The highest BCUT2D eigenvalue weighted by atomic mass is 16.1. The average Bonchev–Trinajstić information content (AvgIpc) is 2.59. The van der Waals surface area contributed by atoms with E-state index in [0.717, 1.165) is 37.9 Å². The Balaban J connectivity index is 1.85. The zero-order valence-corrected chi connectivity index (χ0v) is 14.5. The normalized spacial score (nSPS) is 10.4. The summed E-state index contributed by atoms with van der Waals surface area (Å²) >= 11 is 0. The molecule has 128 valence electrons. The van der Waals surface area contributed by atoms with Crippen LogP contribution in [0.3, 0.4) is 0 Å². The van der Waals surface area contributed by atoms with Gasteiger partial charge in [0.15, 0.2) is 0 Å². The topological polar surface area (TPSA) is 66.9 Å². The molecule has 1 aromatic heterocycles. The van der Waals surface area contributed by atoms with E-state index in [0.29, 0.717) is 18.2 Å². The number of anilines is 1. The standard InChI is InChI=1S/C19H26N4O/c1-3-4-12-20-18(24)17-14-15(2)22-19(23-17)21-13-8-11-16-9-6-5-7-10-16/h5-7,9-10,14H,3-4,8,11-13H2,1-2H3,(H,20,24)(H,21,22,23). The lowest BCUT2D eigenvalue weighted by atomic mass is 10.1. The van der Waals surface area contributed by atoms with Crippen molar-refractivity contribution in [3.63, 3.8) is 0 Å². The number of rotatable bonds is 9. The van der Waals surface area contributed by atoms with Gasteiger partial charge in [-0.15, -0.1) is 0 Å². The molecule has 0 atom stereocenters. The molecule has 1 heterocycles. The van der Waals surface area contributed by atoms with Crippen LogP contribution in [-0.2, 0) is 6.42 Å². The molecule has 0 radical (unpaired) electrons. The highest BCUT2D eigenvalue weighted by molar-refractivity contribution is 5.92. The number of nitrogens with one attached hydrogen (secondary N) is 2. The van der Waals surface area contributed by atoms with Crippen LogP contribution in [0.5, 0.6) is 0 Å². The Morgan fingerprint density at radius 1 is 1.08 bits per heavy atom. The molecule has 5 nitrogen and oxygen atoms in total. The minimum absolute atomic E-state index is 0.138. The van der Waals surface area contributed by atoms with Crippen LogP contribution >= 0.6 is 0 Å². The zero-order chi connectivity index (χ0) is 17.2. The Labute approximate surface area is 143 Å². The molecule has 0 saturated carbocycles. The van der Waals surface area contributed by atoms with E-state index in [1.807, 2.05) is 13.0 Å². The molecule has 0 aliphatic carbocycles. The van der Waals surface area contributed by atoms with Crippen molar-refractivity contribution in [1.29, 1.82) is 0 Å². The molecule has 5 heteroatoms. The van der Waals surface area contributed by atoms with Crippen molar-refractivity contribution in [2.24, 2.45) is 0 Å². The molecule has 1 aromatic carbocycles. The molecule has 0 saturated heterocycles. The molecule has 1 amide bonds. The Kier molecular flexibility index (Phi) is 7.21. The number of carbonyl (C=O) groups excluding carboxylic acids is 1. The number of benzene rings is 1. The van der Waals surface area contributed by atoms with Crippen molar-refractivity contribution in [2.45, 2.75) is 39.5 Å². The van der Waals surface area contributed by atoms with Gasteiger partial charge in [0.05, 0.1) is 0 Å². The summed E-state index contributed by atoms with van der Waals surface area (Å²) in [6.07, 6.45) is 4.01. The second-order valence-electron chi connectivity index (χ2n) is 5.84. The van der Waals surface area contributed by atoms with Gasteiger partial charge in [0.2, 0.25) is 5.95 Å². The third-order valence-electron chi connectivity index (χ3n) is 3.67. The fourth-order valence-corrected chi connectivity index (χ4v) is 2.37. The van der Waals surface area contributed by atoms with Crippen LogP contribution < -0.4 is 10.6 Å². The SMILES string of the molecule is CCCCNC(=O)c1cc(C)nc(NCCCc2ccccc2)n1. The third-order valence-corrected chi connectivity index (χ3v) is 3.67. The molecule has 0 spiro atoms. The molecule has 2 N–H and O–H groups in total. The zero-order valence-electron chi connectivity index (χ0n) is 14.5. The molecule has 2 rings (SSSR count).